The predicted molar refractivity (Wildman–Crippen MR) is 218 cm³/mol. The van der Waals surface area contributed by atoms with E-state index in [0.29, 0.717) is 22.6 Å². The van der Waals surface area contributed by atoms with Crippen LogP contribution < -0.4 is 0 Å². The Hall–Kier alpha value is -7.44. The number of fused-ring (bicyclic) bond motifs is 10. The molecule has 5 aromatic heterocycles. The maximum absolute atomic E-state index is 13.8. The van der Waals surface area contributed by atoms with Crippen molar-refractivity contribution in [2.24, 2.45) is 0 Å². The highest BCUT2D eigenvalue weighted by Gasteiger charge is 2.29. The molecule has 0 aliphatic heterocycles. The minimum atomic E-state index is -0.122. The lowest BCUT2D eigenvalue weighted by molar-refractivity contribution is 0.103. The summed E-state index contributed by atoms with van der Waals surface area (Å²) >= 11 is 0. The fraction of sp³-hybridized carbons (Fsp3) is 0. The van der Waals surface area contributed by atoms with Crippen LogP contribution in [0.15, 0.2) is 164 Å². The Morgan fingerprint density at radius 2 is 1.04 bits per heavy atom. The van der Waals surface area contributed by atoms with Gasteiger partial charge in [0.2, 0.25) is 5.78 Å². The summed E-state index contributed by atoms with van der Waals surface area (Å²) in [6.45, 7) is 0. The van der Waals surface area contributed by atoms with E-state index in [1.54, 1.807) is 18.5 Å². The zero-order valence-electron chi connectivity index (χ0n) is 28.7. The van der Waals surface area contributed by atoms with Crippen molar-refractivity contribution in [2.75, 3.05) is 0 Å². The summed E-state index contributed by atoms with van der Waals surface area (Å²) in [6.07, 6.45) is 3.50. The Bertz CT molecular complexity index is 3410. The number of hydrogen-bond donors (Lipinski definition) is 0. The molecule has 250 valence electrons. The first-order valence-electron chi connectivity index (χ1n) is 18.1. The normalized spacial score (nSPS) is 12.5. The number of hydrogen-bond acceptors (Lipinski definition) is 4. The summed E-state index contributed by atoms with van der Waals surface area (Å²) in [6, 6.07) is 53.3. The second-order valence-electron chi connectivity index (χ2n) is 14.0. The van der Waals surface area contributed by atoms with Gasteiger partial charge in [-0.05, 0) is 95.4 Å². The molecule has 6 nitrogen and oxygen atoms in total. The first kappa shape index (κ1) is 29.2. The molecule has 0 unspecified atom stereocenters. The van der Waals surface area contributed by atoms with Crippen molar-refractivity contribution in [2.45, 2.75) is 0 Å². The Kier molecular flexibility index (Phi) is 5.83. The maximum Gasteiger partial charge on any atom is 0.214 e. The number of para-hydroxylation sites is 3. The van der Waals surface area contributed by atoms with E-state index >= 15 is 0 Å². The van der Waals surface area contributed by atoms with Crippen molar-refractivity contribution < 1.29 is 4.79 Å². The van der Waals surface area contributed by atoms with Crippen LogP contribution in [0.2, 0.25) is 0 Å². The number of pyridine rings is 3. The van der Waals surface area contributed by atoms with Crippen molar-refractivity contribution in [1.29, 1.82) is 0 Å². The SMILES string of the molecule is O=C1c2cccnc2-c2nccc3c2c1nc1cc(-n2c4ccccc4c4cc(-c5ccc6c(c5)c5ccccc5n6-c5ccccc5)ccc42)ccc13. The third-order valence-electron chi connectivity index (χ3n) is 11.1. The number of carbonyl (C=O) groups excluding carboxylic acids is 1. The van der Waals surface area contributed by atoms with E-state index < -0.39 is 0 Å². The highest BCUT2D eigenvalue weighted by molar-refractivity contribution is 6.27. The molecule has 6 aromatic carbocycles. The lowest BCUT2D eigenvalue weighted by Crippen LogP contribution is -2.14. The number of ketones is 1. The molecular weight excluding hydrogens is 663 g/mol. The molecule has 0 atom stereocenters. The Morgan fingerprint density at radius 1 is 0.407 bits per heavy atom. The number of rotatable bonds is 3. The predicted octanol–water partition coefficient (Wildman–Crippen LogP) is 11.3. The maximum atomic E-state index is 13.8. The molecule has 0 radical (unpaired) electrons. The van der Waals surface area contributed by atoms with Crippen LogP contribution in [0.5, 0.6) is 0 Å². The molecule has 0 saturated heterocycles. The van der Waals surface area contributed by atoms with Crippen molar-refractivity contribution in [1.82, 2.24) is 24.1 Å². The second-order valence-corrected chi connectivity index (χ2v) is 14.0. The third kappa shape index (κ3) is 3.94. The quantitative estimate of drug-likeness (QED) is 0.173. The van der Waals surface area contributed by atoms with E-state index in [9.17, 15) is 4.79 Å². The van der Waals surface area contributed by atoms with Gasteiger partial charge in [-0.15, -0.1) is 0 Å². The first-order chi connectivity index (χ1) is 26.7. The van der Waals surface area contributed by atoms with Crippen molar-refractivity contribution in [3.05, 3.63) is 175 Å². The van der Waals surface area contributed by atoms with Gasteiger partial charge in [0.25, 0.3) is 0 Å². The average molecular weight is 690 g/mol. The van der Waals surface area contributed by atoms with E-state index in [-0.39, 0.29) is 5.78 Å². The molecule has 0 saturated carbocycles. The molecule has 0 N–H and O–H groups in total. The van der Waals surface area contributed by atoms with Gasteiger partial charge in [-0.3, -0.25) is 14.8 Å². The van der Waals surface area contributed by atoms with Gasteiger partial charge in [0.1, 0.15) is 11.4 Å². The number of benzene rings is 6. The van der Waals surface area contributed by atoms with Crippen molar-refractivity contribution in [3.63, 3.8) is 0 Å². The van der Waals surface area contributed by atoms with Crippen LogP contribution in [0.4, 0.5) is 0 Å². The van der Waals surface area contributed by atoms with Gasteiger partial charge < -0.3 is 9.13 Å². The van der Waals surface area contributed by atoms with Crippen LogP contribution in [0.3, 0.4) is 0 Å². The van der Waals surface area contributed by atoms with Gasteiger partial charge in [0.15, 0.2) is 0 Å². The average Bonchev–Trinajstić information content (AvgIpc) is 3.75. The fourth-order valence-corrected chi connectivity index (χ4v) is 8.77. The van der Waals surface area contributed by atoms with Crippen LogP contribution in [0.25, 0.3) is 99.2 Å². The Balaban J connectivity index is 1.04. The van der Waals surface area contributed by atoms with E-state index in [1.807, 2.05) is 12.1 Å². The summed E-state index contributed by atoms with van der Waals surface area (Å²) in [5.74, 6) is -0.122. The zero-order chi connectivity index (χ0) is 35.5. The zero-order valence-corrected chi connectivity index (χ0v) is 28.7. The molecule has 12 rings (SSSR count). The lowest BCUT2D eigenvalue weighted by Gasteiger charge is -2.18. The minimum absolute atomic E-state index is 0.122. The first-order valence-corrected chi connectivity index (χ1v) is 18.1. The minimum Gasteiger partial charge on any atom is -0.309 e. The largest absolute Gasteiger partial charge is 0.309 e. The Labute approximate surface area is 308 Å². The molecular formula is C48H27N5O. The summed E-state index contributed by atoms with van der Waals surface area (Å²) in [5.41, 5.74) is 12.1. The number of carbonyl (C=O) groups is 1. The Morgan fingerprint density at radius 3 is 1.76 bits per heavy atom. The molecule has 6 heteroatoms. The summed E-state index contributed by atoms with van der Waals surface area (Å²) in [5, 5.41) is 7.50. The smallest absolute Gasteiger partial charge is 0.214 e. The standard InChI is InChI=1S/C48H27N5O/c54-48-36-13-8-23-49-45(36)46-44-35(22-24-50-46)32-19-18-31(27-39(32)51-47(44)48)53-41-15-7-5-12-34(41)38-26-29(17-21-43(38)53)28-16-20-42-37(25-28)33-11-4-6-14-40(33)52(42)30-9-2-1-3-10-30/h1-27H. The highest BCUT2D eigenvalue weighted by atomic mass is 16.1. The second kappa shape index (κ2) is 10.8. The van der Waals surface area contributed by atoms with E-state index in [4.69, 9.17) is 4.98 Å². The van der Waals surface area contributed by atoms with E-state index in [1.165, 1.54) is 38.1 Å². The molecule has 0 spiro atoms. The van der Waals surface area contributed by atoms with E-state index in [0.717, 1.165) is 49.6 Å². The van der Waals surface area contributed by atoms with E-state index in [2.05, 4.69) is 153 Å². The molecule has 11 aromatic rings. The van der Waals surface area contributed by atoms with Crippen molar-refractivity contribution in [3.8, 4) is 33.9 Å². The number of nitrogens with zero attached hydrogens (tertiary/aromatic N) is 5. The van der Waals surface area contributed by atoms with Crippen LogP contribution in [0, 0.1) is 0 Å². The highest BCUT2D eigenvalue weighted by Crippen LogP contribution is 2.41. The van der Waals surface area contributed by atoms with Crippen LogP contribution in [-0.2, 0) is 0 Å². The lowest BCUT2D eigenvalue weighted by atomic mass is 9.90. The van der Waals surface area contributed by atoms with Crippen LogP contribution in [-0.4, -0.2) is 29.9 Å². The van der Waals surface area contributed by atoms with Gasteiger partial charge >= 0.3 is 0 Å². The van der Waals surface area contributed by atoms with Gasteiger partial charge in [-0.2, -0.15) is 0 Å². The fourth-order valence-electron chi connectivity index (χ4n) is 8.77. The van der Waals surface area contributed by atoms with Gasteiger partial charge in [0.05, 0.1) is 38.8 Å². The summed E-state index contributed by atoms with van der Waals surface area (Å²) in [7, 11) is 0. The number of aromatic nitrogens is 5. The van der Waals surface area contributed by atoms with Crippen LogP contribution >= 0.6 is 0 Å². The molecule has 0 amide bonds. The summed E-state index contributed by atoms with van der Waals surface area (Å²) in [4.78, 5) is 28.0. The van der Waals surface area contributed by atoms with Crippen LogP contribution in [0.1, 0.15) is 16.1 Å². The third-order valence-corrected chi connectivity index (χ3v) is 11.1. The van der Waals surface area contributed by atoms with Crippen molar-refractivity contribution >= 4 is 71.1 Å². The van der Waals surface area contributed by atoms with Gasteiger partial charge in [0, 0.05) is 56.1 Å². The molecule has 1 aliphatic carbocycles. The van der Waals surface area contributed by atoms with Gasteiger partial charge in [-0.1, -0.05) is 72.8 Å². The molecule has 1 aliphatic rings. The molecule has 0 fully saturated rings. The molecule has 54 heavy (non-hydrogen) atoms. The molecule has 0 bridgehead atoms. The summed E-state index contributed by atoms with van der Waals surface area (Å²) < 4.78 is 4.66. The van der Waals surface area contributed by atoms with Gasteiger partial charge in [-0.25, -0.2) is 4.98 Å². The topological polar surface area (TPSA) is 65.6 Å². The molecule has 5 heterocycles. The monoisotopic (exact) mass is 689 g/mol.